The van der Waals surface area contributed by atoms with Gasteiger partial charge in [0.2, 0.25) is 5.82 Å². The van der Waals surface area contributed by atoms with Crippen molar-refractivity contribution < 1.29 is 10.0 Å². The average Bonchev–Trinajstić information content (AvgIpc) is 2.37. The molecule has 2 rings (SSSR count). The quantitative estimate of drug-likeness (QED) is 0.663. The fourth-order valence-electron chi connectivity index (χ4n) is 2.58. The van der Waals surface area contributed by atoms with Crippen molar-refractivity contribution in [3.63, 3.8) is 0 Å². The van der Waals surface area contributed by atoms with Crippen LogP contribution in [0, 0.1) is 17.0 Å². The van der Waals surface area contributed by atoms with Gasteiger partial charge in [0, 0.05) is 44.5 Å². The van der Waals surface area contributed by atoms with Gasteiger partial charge in [-0.2, -0.15) is 0 Å². The molecule has 1 aliphatic rings. The van der Waals surface area contributed by atoms with Gasteiger partial charge in [-0.05, 0) is 26.8 Å². The maximum Gasteiger partial charge on any atom is 0.311 e. The fraction of sp³-hybridized carbons (Fsp3) is 0.643. The Hall–Kier alpha value is -1.73. The maximum absolute atomic E-state index is 11.1. The Bertz CT molecular complexity index is 519. The Labute approximate surface area is 124 Å². The number of pyridine rings is 1. The average molecular weight is 294 g/mol. The molecule has 1 fully saturated rings. The second kappa shape index (κ2) is 5.95. The van der Waals surface area contributed by atoms with Crippen molar-refractivity contribution in [3.8, 4) is 0 Å². The van der Waals surface area contributed by atoms with Crippen LogP contribution in [0.4, 0.5) is 11.5 Å². The molecule has 1 aliphatic heterocycles. The number of hydrogen-bond donors (Lipinski definition) is 1. The highest BCUT2D eigenvalue weighted by molar-refractivity contribution is 5.58. The van der Waals surface area contributed by atoms with Crippen LogP contribution in [0.1, 0.15) is 19.5 Å². The minimum atomic E-state index is -0.726. The highest BCUT2D eigenvalue weighted by atomic mass is 16.6. The Balaban J connectivity index is 2.09. The molecule has 1 aromatic rings. The summed E-state index contributed by atoms with van der Waals surface area (Å²) in [5.74, 6) is 0.447. The monoisotopic (exact) mass is 294 g/mol. The van der Waals surface area contributed by atoms with Crippen LogP contribution >= 0.6 is 0 Å². The predicted molar refractivity (Wildman–Crippen MR) is 80.6 cm³/mol. The molecule has 2 heterocycles. The topological polar surface area (TPSA) is 82.7 Å². The van der Waals surface area contributed by atoms with Crippen LogP contribution in [0.25, 0.3) is 0 Å². The number of piperazine rings is 1. The van der Waals surface area contributed by atoms with Crippen molar-refractivity contribution >= 4 is 11.5 Å². The molecule has 0 amide bonds. The van der Waals surface area contributed by atoms with Crippen LogP contribution in [0.3, 0.4) is 0 Å². The largest absolute Gasteiger partial charge is 0.389 e. The number of aromatic nitrogens is 1. The van der Waals surface area contributed by atoms with Gasteiger partial charge in [-0.25, -0.2) is 4.98 Å². The Morgan fingerprint density at radius 3 is 2.48 bits per heavy atom. The number of nitro groups is 1. The molecule has 116 valence electrons. The SMILES string of the molecule is Cc1ccc([N+](=O)[O-])c(N2CCN(CC(C)(C)O)CC2)n1. The lowest BCUT2D eigenvalue weighted by molar-refractivity contribution is -0.384. The molecule has 1 N–H and O–H groups in total. The van der Waals surface area contributed by atoms with E-state index in [4.69, 9.17) is 0 Å². The normalized spacial score (nSPS) is 17.0. The first kappa shape index (κ1) is 15.7. The Morgan fingerprint density at radius 2 is 1.95 bits per heavy atom. The number of aryl methyl sites for hydroxylation is 1. The third-order valence-corrected chi connectivity index (χ3v) is 3.47. The summed E-state index contributed by atoms with van der Waals surface area (Å²) in [6.45, 7) is 8.87. The van der Waals surface area contributed by atoms with Gasteiger partial charge in [0.25, 0.3) is 0 Å². The summed E-state index contributed by atoms with van der Waals surface area (Å²) in [6, 6.07) is 3.17. The summed E-state index contributed by atoms with van der Waals surface area (Å²) in [7, 11) is 0. The van der Waals surface area contributed by atoms with Crippen molar-refractivity contribution in [2.75, 3.05) is 37.6 Å². The molecule has 0 radical (unpaired) electrons. The first-order valence-electron chi connectivity index (χ1n) is 7.08. The van der Waals surface area contributed by atoms with Crippen LogP contribution in [-0.2, 0) is 0 Å². The number of hydrogen-bond acceptors (Lipinski definition) is 6. The van der Waals surface area contributed by atoms with E-state index in [0.29, 0.717) is 25.5 Å². The van der Waals surface area contributed by atoms with E-state index < -0.39 is 5.60 Å². The molecule has 1 aromatic heterocycles. The summed E-state index contributed by atoms with van der Waals surface area (Å²) in [5, 5.41) is 21.0. The standard InChI is InChI=1S/C14H22N4O3/c1-11-4-5-12(18(20)21)13(15-11)17-8-6-16(7-9-17)10-14(2,3)19/h4-5,19H,6-10H2,1-3H3. The molecule has 7 nitrogen and oxygen atoms in total. The maximum atomic E-state index is 11.1. The van der Waals surface area contributed by atoms with Crippen LogP contribution in [0.5, 0.6) is 0 Å². The molecule has 0 aliphatic carbocycles. The fourth-order valence-corrected chi connectivity index (χ4v) is 2.58. The highest BCUT2D eigenvalue weighted by Crippen LogP contribution is 2.27. The van der Waals surface area contributed by atoms with Gasteiger partial charge < -0.3 is 10.0 Å². The molecule has 0 aromatic carbocycles. The van der Waals surface area contributed by atoms with Gasteiger partial charge in [-0.15, -0.1) is 0 Å². The van der Waals surface area contributed by atoms with E-state index in [0.717, 1.165) is 18.8 Å². The second-order valence-electron chi connectivity index (χ2n) is 6.13. The van der Waals surface area contributed by atoms with E-state index in [1.807, 2.05) is 11.8 Å². The highest BCUT2D eigenvalue weighted by Gasteiger charge is 2.27. The van der Waals surface area contributed by atoms with E-state index in [2.05, 4.69) is 9.88 Å². The van der Waals surface area contributed by atoms with E-state index in [-0.39, 0.29) is 10.6 Å². The lowest BCUT2D eigenvalue weighted by Gasteiger charge is -2.37. The van der Waals surface area contributed by atoms with Crippen LogP contribution in [0.15, 0.2) is 12.1 Å². The zero-order valence-electron chi connectivity index (χ0n) is 12.7. The summed E-state index contributed by atoms with van der Waals surface area (Å²) in [6.07, 6.45) is 0. The zero-order chi connectivity index (χ0) is 15.6. The van der Waals surface area contributed by atoms with Crippen LogP contribution < -0.4 is 4.90 Å². The molecular weight excluding hydrogens is 272 g/mol. The molecule has 7 heteroatoms. The number of rotatable bonds is 4. The summed E-state index contributed by atoms with van der Waals surface area (Å²) in [4.78, 5) is 19.2. The molecule has 0 saturated carbocycles. The summed E-state index contributed by atoms with van der Waals surface area (Å²) in [5.41, 5.74) is 0.0986. The van der Waals surface area contributed by atoms with Gasteiger partial charge in [-0.1, -0.05) is 0 Å². The lowest BCUT2D eigenvalue weighted by Crippen LogP contribution is -2.50. The van der Waals surface area contributed by atoms with E-state index in [1.165, 1.54) is 6.07 Å². The Morgan fingerprint density at radius 1 is 1.33 bits per heavy atom. The lowest BCUT2D eigenvalue weighted by atomic mass is 10.1. The molecule has 1 saturated heterocycles. The zero-order valence-corrected chi connectivity index (χ0v) is 12.7. The van der Waals surface area contributed by atoms with Crippen molar-refractivity contribution in [1.29, 1.82) is 0 Å². The van der Waals surface area contributed by atoms with Crippen LogP contribution in [0.2, 0.25) is 0 Å². The van der Waals surface area contributed by atoms with Gasteiger partial charge in [0.05, 0.1) is 10.5 Å². The first-order valence-corrected chi connectivity index (χ1v) is 7.08. The summed E-state index contributed by atoms with van der Waals surface area (Å²) >= 11 is 0. The van der Waals surface area contributed by atoms with E-state index in [9.17, 15) is 15.2 Å². The smallest absolute Gasteiger partial charge is 0.311 e. The number of anilines is 1. The Kier molecular flexibility index (Phi) is 4.43. The van der Waals surface area contributed by atoms with Gasteiger partial charge in [0.1, 0.15) is 0 Å². The summed E-state index contributed by atoms with van der Waals surface area (Å²) < 4.78 is 0. The van der Waals surface area contributed by atoms with Crippen molar-refractivity contribution in [2.45, 2.75) is 26.4 Å². The van der Waals surface area contributed by atoms with Gasteiger partial charge in [0.15, 0.2) is 0 Å². The molecular formula is C14H22N4O3. The first-order chi connectivity index (χ1) is 9.76. The third-order valence-electron chi connectivity index (χ3n) is 3.47. The second-order valence-corrected chi connectivity index (χ2v) is 6.13. The molecule has 0 bridgehead atoms. The molecule has 0 atom stereocenters. The number of β-amino-alcohol motifs (C(OH)–C–C–N with tert-alkyl or cyclic N) is 1. The molecule has 0 spiro atoms. The van der Waals surface area contributed by atoms with E-state index in [1.54, 1.807) is 19.9 Å². The minimum absolute atomic E-state index is 0.0524. The van der Waals surface area contributed by atoms with Crippen molar-refractivity contribution in [3.05, 3.63) is 27.9 Å². The van der Waals surface area contributed by atoms with Crippen molar-refractivity contribution in [1.82, 2.24) is 9.88 Å². The molecule has 0 unspecified atom stereocenters. The third kappa shape index (κ3) is 4.12. The van der Waals surface area contributed by atoms with Gasteiger partial charge >= 0.3 is 5.69 Å². The molecule has 21 heavy (non-hydrogen) atoms. The van der Waals surface area contributed by atoms with E-state index >= 15 is 0 Å². The van der Waals surface area contributed by atoms with Crippen LogP contribution in [-0.4, -0.2) is 58.2 Å². The predicted octanol–water partition coefficient (Wildman–Crippen LogP) is 1.19. The van der Waals surface area contributed by atoms with Gasteiger partial charge in [-0.3, -0.25) is 15.0 Å². The number of aliphatic hydroxyl groups is 1. The minimum Gasteiger partial charge on any atom is -0.389 e. The van der Waals surface area contributed by atoms with Crippen molar-refractivity contribution in [2.24, 2.45) is 0 Å². The number of nitrogens with zero attached hydrogens (tertiary/aromatic N) is 4.